The number of hydrogen-bond donors (Lipinski definition) is 3. The van der Waals surface area contributed by atoms with Gasteiger partial charge < -0.3 is 10.8 Å². The number of nitrogens with one attached hydrogen (secondary N) is 1. The fourth-order valence-electron chi connectivity index (χ4n) is 1.52. The number of nitrogens with zero attached hydrogens (tertiary/aromatic N) is 1. The number of carbonyl (C=O) groups is 1. The second-order valence-electron chi connectivity index (χ2n) is 3.38. The Morgan fingerprint density at radius 1 is 1.35 bits per heavy atom. The molecule has 1 aliphatic carbocycles. The van der Waals surface area contributed by atoms with Crippen molar-refractivity contribution in [3.63, 3.8) is 0 Å². The Balaban J connectivity index is 2.50. The summed E-state index contributed by atoms with van der Waals surface area (Å²) in [6, 6.07) is 6.85. The summed E-state index contributed by atoms with van der Waals surface area (Å²) in [4.78, 5) is 11.7. The molecule has 2 rings (SSSR count). The molecule has 1 aromatic rings. The van der Waals surface area contributed by atoms with E-state index in [4.69, 9.17) is 5.73 Å². The highest BCUT2D eigenvalue weighted by molar-refractivity contribution is 7.80. The van der Waals surface area contributed by atoms with Crippen LogP contribution in [0.25, 0.3) is 0 Å². The van der Waals surface area contributed by atoms with Crippen LogP contribution in [0.15, 0.2) is 41.2 Å². The Morgan fingerprint density at radius 3 is 2.65 bits per heavy atom. The summed E-state index contributed by atoms with van der Waals surface area (Å²) in [6.07, 6.45) is 1.27. The van der Waals surface area contributed by atoms with Crippen LogP contribution in [0.5, 0.6) is 0 Å². The molecule has 17 heavy (non-hydrogen) atoms. The van der Waals surface area contributed by atoms with Crippen LogP contribution < -0.4 is 11.2 Å². The zero-order chi connectivity index (χ0) is 12.4. The van der Waals surface area contributed by atoms with Crippen molar-refractivity contribution in [2.75, 3.05) is 0 Å². The quantitative estimate of drug-likeness (QED) is 0.506. The molecule has 0 amide bonds. The largest absolute Gasteiger partial charge is 0.504 e. The van der Waals surface area contributed by atoms with E-state index in [-0.39, 0.29) is 10.9 Å². The van der Waals surface area contributed by atoms with Crippen LogP contribution in [-0.4, -0.2) is 21.7 Å². The van der Waals surface area contributed by atoms with E-state index >= 15 is 0 Å². The number of thiocarbonyl (C=S) groups is 1. The van der Waals surface area contributed by atoms with Crippen LogP contribution in [0.4, 0.5) is 0 Å². The van der Waals surface area contributed by atoms with Gasteiger partial charge >= 0.3 is 0 Å². The lowest BCUT2D eigenvalue weighted by Crippen LogP contribution is -2.27. The zero-order valence-electron chi connectivity index (χ0n) is 8.68. The zero-order valence-corrected chi connectivity index (χ0v) is 9.49. The van der Waals surface area contributed by atoms with Crippen molar-refractivity contribution in [1.29, 1.82) is 0 Å². The van der Waals surface area contributed by atoms with Gasteiger partial charge in [-0.05, 0) is 12.2 Å². The van der Waals surface area contributed by atoms with E-state index in [1.807, 2.05) is 0 Å². The van der Waals surface area contributed by atoms with E-state index in [2.05, 4.69) is 22.7 Å². The number of allylic oxidation sites excluding steroid dienone is 2. The number of hydrazone groups is 1. The topological polar surface area (TPSA) is 87.7 Å². The van der Waals surface area contributed by atoms with Crippen LogP contribution in [0, 0.1) is 0 Å². The second-order valence-corrected chi connectivity index (χ2v) is 3.82. The Bertz CT molecular complexity index is 564. The maximum atomic E-state index is 11.7. The average molecular weight is 247 g/mol. The summed E-state index contributed by atoms with van der Waals surface area (Å²) >= 11 is 4.62. The Hall–Kier alpha value is -2.21. The molecule has 1 aliphatic rings. The summed E-state index contributed by atoms with van der Waals surface area (Å²) in [6.45, 7) is 0. The number of rotatable bonds is 1. The molecule has 0 heterocycles. The van der Waals surface area contributed by atoms with Gasteiger partial charge in [-0.3, -0.25) is 10.2 Å². The lowest BCUT2D eigenvalue weighted by atomic mass is 9.93. The first-order chi connectivity index (χ1) is 8.09. The lowest BCUT2D eigenvalue weighted by Gasteiger charge is -2.13. The molecule has 86 valence electrons. The highest BCUT2D eigenvalue weighted by Gasteiger charge is 2.23. The number of carbonyl (C=O) groups excluding carboxylic acids is 1. The van der Waals surface area contributed by atoms with Crippen molar-refractivity contribution in [2.24, 2.45) is 10.8 Å². The molecular formula is C11H9N3O2S. The summed E-state index contributed by atoms with van der Waals surface area (Å²) in [7, 11) is 0. The van der Waals surface area contributed by atoms with Gasteiger partial charge in [-0.15, -0.1) is 0 Å². The van der Waals surface area contributed by atoms with Gasteiger partial charge in [0.2, 0.25) is 5.78 Å². The van der Waals surface area contributed by atoms with Crippen LogP contribution in [0.1, 0.15) is 15.9 Å². The molecule has 0 atom stereocenters. The van der Waals surface area contributed by atoms with Crippen LogP contribution in [-0.2, 0) is 0 Å². The predicted octanol–water partition coefficient (Wildman–Crippen LogP) is 0.862. The van der Waals surface area contributed by atoms with Gasteiger partial charge in [0.25, 0.3) is 0 Å². The molecule has 0 fully saturated rings. The number of aliphatic hydroxyl groups is 1. The standard InChI is InChI=1S/C11H9N3O2S/c12-11(17)14-13-8-5-9(15)10(16)7-4-2-1-3-6(7)8/h1-5,15H,(H3,12,14,17). The van der Waals surface area contributed by atoms with E-state index in [0.29, 0.717) is 16.8 Å². The summed E-state index contributed by atoms with van der Waals surface area (Å²) in [5.74, 6) is -0.776. The third kappa shape index (κ3) is 2.16. The number of Topliss-reactive ketones (excluding diaryl/α,β-unsaturated/α-hetero) is 1. The van der Waals surface area contributed by atoms with Crippen LogP contribution in [0.2, 0.25) is 0 Å². The molecule has 0 saturated carbocycles. The van der Waals surface area contributed by atoms with Gasteiger partial charge in [-0.25, -0.2) is 0 Å². The van der Waals surface area contributed by atoms with E-state index in [1.165, 1.54) is 6.08 Å². The molecule has 0 spiro atoms. The third-order valence-electron chi connectivity index (χ3n) is 2.24. The molecule has 4 N–H and O–H groups in total. The molecule has 5 nitrogen and oxygen atoms in total. The SMILES string of the molecule is NC(=S)NN=C1C=C(O)C(=O)c2ccccc21. The van der Waals surface area contributed by atoms with Crippen LogP contribution >= 0.6 is 12.2 Å². The molecule has 0 saturated heterocycles. The summed E-state index contributed by atoms with van der Waals surface area (Å²) in [5.41, 5.74) is 9.11. The number of nitrogens with two attached hydrogens (primary N) is 1. The molecule has 0 unspecified atom stereocenters. The van der Waals surface area contributed by atoms with Crippen molar-refractivity contribution in [2.45, 2.75) is 0 Å². The lowest BCUT2D eigenvalue weighted by molar-refractivity contribution is 0.0976. The van der Waals surface area contributed by atoms with E-state index in [9.17, 15) is 9.90 Å². The Morgan fingerprint density at radius 2 is 2.00 bits per heavy atom. The molecule has 0 bridgehead atoms. The molecule has 1 aromatic carbocycles. The highest BCUT2D eigenvalue weighted by Crippen LogP contribution is 2.19. The van der Waals surface area contributed by atoms with Gasteiger partial charge in [0.1, 0.15) is 0 Å². The Kier molecular flexibility index (Phi) is 2.88. The Labute approximate surface area is 103 Å². The smallest absolute Gasteiger partial charge is 0.228 e. The monoisotopic (exact) mass is 247 g/mol. The molecular weight excluding hydrogens is 238 g/mol. The summed E-state index contributed by atoms with van der Waals surface area (Å²) in [5, 5.41) is 13.4. The summed E-state index contributed by atoms with van der Waals surface area (Å²) < 4.78 is 0. The predicted molar refractivity (Wildman–Crippen MR) is 67.9 cm³/mol. The number of ketones is 1. The maximum absolute atomic E-state index is 11.7. The van der Waals surface area contributed by atoms with E-state index in [0.717, 1.165) is 0 Å². The van der Waals surface area contributed by atoms with Gasteiger partial charge in [0.15, 0.2) is 10.9 Å². The van der Waals surface area contributed by atoms with Gasteiger partial charge in [-0.1, -0.05) is 24.3 Å². The minimum absolute atomic E-state index is 0.0137. The fourth-order valence-corrected chi connectivity index (χ4v) is 1.57. The fraction of sp³-hybridized carbons (Fsp3) is 0. The number of benzene rings is 1. The minimum atomic E-state index is -0.421. The normalized spacial score (nSPS) is 16.4. The maximum Gasteiger partial charge on any atom is 0.228 e. The molecule has 0 aromatic heterocycles. The van der Waals surface area contributed by atoms with Crippen molar-refractivity contribution in [3.05, 3.63) is 47.2 Å². The first kappa shape index (κ1) is 11.3. The first-order valence-corrected chi connectivity index (χ1v) is 5.18. The number of aliphatic hydroxyl groups excluding tert-OH is 1. The number of fused-ring (bicyclic) bond motifs is 1. The van der Waals surface area contributed by atoms with Gasteiger partial charge in [0, 0.05) is 17.2 Å². The van der Waals surface area contributed by atoms with E-state index < -0.39 is 5.78 Å². The molecule has 6 heteroatoms. The van der Waals surface area contributed by atoms with E-state index in [1.54, 1.807) is 24.3 Å². The minimum Gasteiger partial charge on any atom is -0.504 e. The number of hydrogen-bond acceptors (Lipinski definition) is 4. The van der Waals surface area contributed by atoms with Crippen molar-refractivity contribution < 1.29 is 9.90 Å². The second kappa shape index (κ2) is 4.34. The van der Waals surface area contributed by atoms with Crippen molar-refractivity contribution in [3.8, 4) is 0 Å². The van der Waals surface area contributed by atoms with Gasteiger partial charge in [-0.2, -0.15) is 5.10 Å². The average Bonchev–Trinajstić information content (AvgIpc) is 2.32. The first-order valence-electron chi connectivity index (χ1n) is 4.77. The highest BCUT2D eigenvalue weighted by atomic mass is 32.1. The third-order valence-corrected chi connectivity index (χ3v) is 2.33. The molecule has 0 aliphatic heterocycles. The van der Waals surface area contributed by atoms with Gasteiger partial charge in [0.05, 0.1) is 5.71 Å². The molecule has 0 radical (unpaired) electrons. The van der Waals surface area contributed by atoms with Crippen molar-refractivity contribution >= 4 is 28.8 Å². The van der Waals surface area contributed by atoms with Crippen molar-refractivity contribution in [1.82, 2.24) is 5.43 Å². The van der Waals surface area contributed by atoms with Crippen LogP contribution in [0.3, 0.4) is 0 Å².